The van der Waals surface area contributed by atoms with Crippen molar-refractivity contribution in [3.8, 4) is 0 Å². The van der Waals surface area contributed by atoms with Crippen LogP contribution in [0, 0.1) is 11.6 Å². The number of carbonyl (C=O) groups is 2. The lowest BCUT2D eigenvalue weighted by molar-refractivity contribution is 0.0825. The summed E-state index contributed by atoms with van der Waals surface area (Å²) >= 11 is 5.71. The Morgan fingerprint density at radius 1 is 1.25 bits per heavy atom. The molecular formula is C19H27ClF2N2O3Si. The largest absolute Gasteiger partial charge is 0.450 e. The molecule has 0 radical (unpaired) electrons. The third kappa shape index (κ3) is 6.74. The van der Waals surface area contributed by atoms with Crippen LogP contribution < -0.4 is 0 Å². The van der Waals surface area contributed by atoms with Gasteiger partial charge in [-0.3, -0.25) is 4.79 Å². The fourth-order valence-electron chi connectivity index (χ4n) is 3.06. The zero-order valence-electron chi connectivity index (χ0n) is 16.5. The maximum atomic E-state index is 13.9. The molecule has 0 atom stereocenters. The molecule has 0 aliphatic carbocycles. The Morgan fingerprint density at radius 2 is 1.89 bits per heavy atom. The second-order valence-corrected chi connectivity index (χ2v) is 14.2. The summed E-state index contributed by atoms with van der Waals surface area (Å²) in [5.41, 5.74) is 0.198. The van der Waals surface area contributed by atoms with Crippen molar-refractivity contribution in [2.75, 3.05) is 19.7 Å². The lowest BCUT2D eigenvalue weighted by atomic mass is 10.0. The van der Waals surface area contributed by atoms with Crippen LogP contribution in [0.15, 0.2) is 18.2 Å². The normalized spacial score (nSPS) is 15.4. The maximum Gasteiger partial charge on any atom is 0.409 e. The van der Waals surface area contributed by atoms with Gasteiger partial charge in [0.2, 0.25) is 0 Å². The molecule has 9 heteroatoms. The van der Waals surface area contributed by atoms with Gasteiger partial charge in [-0.2, -0.15) is 0 Å². The molecule has 1 saturated heterocycles. The Balaban J connectivity index is 1.90. The van der Waals surface area contributed by atoms with E-state index in [1.165, 1.54) is 11.0 Å². The molecule has 156 valence electrons. The van der Waals surface area contributed by atoms with E-state index in [9.17, 15) is 18.4 Å². The lowest BCUT2D eigenvalue weighted by Gasteiger charge is -2.37. The molecule has 5 nitrogen and oxygen atoms in total. The Morgan fingerprint density at radius 3 is 2.43 bits per heavy atom. The van der Waals surface area contributed by atoms with Crippen molar-refractivity contribution in [3.63, 3.8) is 0 Å². The molecule has 1 heterocycles. The van der Waals surface area contributed by atoms with Crippen molar-refractivity contribution in [1.82, 2.24) is 9.80 Å². The number of amides is 2. The van der Waals surface area contributed by atoms with Gasteiger partial charge in [-0.15, -0.1) is 0 Å². The van der Waals surface area contributed by atoms with E-state index in [4.69, 9.17) is 16.3 Å². The minimum atomic E-state index is -1.27. The van der Waals surface area contributed by atoms with Crippen molar-refractivity contribution < 1.29 is 23.1 Å². The van der Waals surface area contributed by atoms with E-state index in [0.717, 1.165) is 18.2 Å². The highest BCUT2D eigenvalue weighted by Crippen LogP contribution is 2.23. The van der Waals surface area contributed by atoms with Gasteiger partial charge in [0, 0.05) is 38.8 Å². The number of piperidine rings is 1. The van der Waals surface area contributed by atoms with Gasteiger partial charge in [0.1, 0.15) is 11.6 Å². The predicted molar refractivity (Wildman–Crippen MR) is 107 cm³/mol. The molecule has 0 bridgehead atoms. The van der Waals surface area contributed by atoms with Crippen LogP contribution in [0.5, 0.6) is 0 Å². The van der Waals surface area contributed by atoms with Gasteiger partial charge >= 0.3 is 11.5 Å². The van der Waals surface area contributed by atoms with Crippen LogP contribution in [0.3, 0.4) is 0 Å². The summed E-state index contributed by atoms with van der Waals surface area (Å²) in [6.45, 7) is 7.90. The fraction of sp³-hybridized carbons (Fsp3) is 0.579. The molecule has 0 N–H and O–H groups in total. The molecule has 2 amide bonds. The Kier molecular flexibility index (Phi) is 7.83. The number of likely N-dealkylation sites (tertiary alicyclic amines) is 1. The highest BCUT2D eigenvalue weighted by Gasteiger charge is 2.30. The zero-order valence-corrected chi connectivity index (χ0v) is 18.3. The molecule has 0 saturated carbocycles. The smallest absolute Gasteiger partial charge is 0.409 e. The summed E-state index contributed by atoms with van der Waals surface area (Å²) in [6, 6.07) is 3.93. The van der Waals surface area contributed by atoms with Crippen molar-refractivity contribution in [3.05, 3.63) is 35.4 Å². The van der Waals surface area contributed by atoms with E-state index in [0.29, 0.717) is 32.5 Å². The second-order valence-electron chi connectivity index (χ2n) is 8.26. The molecule has 0 unspecified atom stereocenters. The zero-order chi connectivity index (χ0) is 20.9. The van der Waals surface area contributed by atoms with Crippen LogP contribution in [0.2, 0.25) is 25.7 Å². The quantitative estimate of drug-likeness (QED) is 0.358. The molecule has 28 heavy (non-hydrogen) atoms. The third-order valence-electron chi connectivity index (χ3n) is 4.82. The van der Waals surface area contributed by atoms with Gasteiger partial charge in [-0.1, -0.05) is 25.7 Å². The average Bonchev–Trinajstić information content (AvgIpc) is 2.60. The monoisotopic (exact) mass is 432 g/mol. The van der Waals surface area contributed by atoms with E-state index in [-0.39, 0.29) is 24.2 Å². The molecule has 1 aromatic carbocycles. The minimum Gasteiger partial charge on any atom is -0.450 e. The van der Waals surface area contributed by atoms with E-state index in [1.807, 2.05) is 0 Å². The Labute approximate surface area is 170 Å². The lowest BCUT2D eigenvalue weighted by Crippen LogP contribution is -2.47. The molecule has 0 aromatic heterocycles. The van der Waals surface area contributed by atoms with Crippen LogP contribution in [-0.2, 0) is 11.3 Å². The van der Waals surface area contributed by atoms with E-state index in [1.54, 1.807) is 4.90 Å². The van der Waals surface area contributed by atoms with Crippen LogP contribution in [-0.4, -0.2) is 55.1 Å². The molecule has 1 aromatic rings. The van der Waals surface area contributed by atoms with Gasteiger partial charge in [0.05, 0.1) is 13.2 Å². The molecule has 2 rings (SSSR count). The van der Waals surface area contributed by atoms with E-state index < -0.39 is 25.1 Å². The summed E-state index contributed by atoms with van der Waals surface area (Å²) in [5.74, 6) is -1.39. The average molecular weight is 433 g/mol. The number of hydrogen-bond donors (Lipinski definition) is 0. The minimum absolute atomic E-state index is 0.0419. The van der Waals surface area contributed by atoms with Gasteiger partial charge in [-0.05, 0) is 36.6 Å². The molecular weight excluding hydrogens is 406 g/mol. The molecule has 1 fully saturated rings. The van der Waals surface area contributed by atoms with Gasteiger partial charge < -0.3 is 14.5 Å². The van der Waals surface area contributed by atoms with Crippen LogP contribution >= 0.6 is 11.6 Å². The summed E-state index contributed by atoms with van der Waals surface area (Å²) in [4.78, 5) is 27.0. The SMILES string of the molecule is C[Si](C)(C)CCOC(=O)N1CCC(N(Cc2ccc(F)cc2F)C(=O)Cl)CC1. The number of carbonyl (C=O) groups excluding carboxylic acids is 2. The Bertz CT molecular complexity index is 707. The van der Waals surface area contributed by atoms with E-state index >= 15 is 0 Å². The van der Waals surface area contributed by atoms with Gasteiger partial charge in [0.25, 0.3) is 0 Å². The number of halogens is 3. The van der Waals surface area contributed by atoms with Gasteiger partial charge in [-0.25, -0.2) is 13.6 Å². The number of hydrogen-bond acceptors (Lipinski definition) is 3. The standard InChI is InChI=1S/C19H27ClF2N2O3Si/c1-28(2,3)11-10-27-19(26)23-8-6-16(7-9-23)24(18(20)25)13-14-4-5-15(21)12-17(14)22/h4-5,12,16H,6-11,13H2,1-3H3. The van der Waals surface area contributed by atoms with Crippen molar-refractivity contribution in [2.24, 2.45) is 0 Å². The summed E-state index contributed by atoms with van der Waals surface area (Å²) in [6.07, 6.45) is 0.694. The summed E-state index contributed by atoms with van der Waals surface area (Å²) < 4.78 is 32.4. The first-order valence-corrected chi connectivity index (χ1v) is 13.5. The van der Waals surface area contributed by atoms with E-state index in [2.05, 4.69) is 19.6 Å². The maximum absolute atomic E-state index is 13.9. The van der Waals surface area contributed by atoms with Crippen LogP contribution in [0.4, 0.5) is 18.4 Å². The molecule has 0 spiro atoms. The second kappa shape index (κ2) is 9.69. The van der Waals surface area contributed by atoms with Crippen molar-refractivity contribution in [1.29, 1.82) is 0 Å². The number of nitrogens with zero attached hydrogens (tertiary/aromatic N) is 2. The highest BCUT2D eigenvalue weighted by molar-refractivity contribution is 6.76. The van der Waals surface area contributed by atoms with Crippen molar-refractivity contribution >= 4 is 31.1 Å². The first-order valence-electron chi connectivity index (χ1n) is 9.38. The Hall–Kier alpha value is -1.67. The van der Waals surface area contributed by atoms with Gasteiger partial charge in [0.15, 0.2) is 0 Å². The third-order valence-corrected chi connectivity index (χ3v) is 6.74. The highest BCUT2D eigenvalue weighted by atomic mass is 35.5. The van der Waals surface area contributed by atoms with Crippen molar-refractivity contribution in [2.45, 2.75) is 51.1 Å². The first kappa shape index (κ1) is 22.6. The predicted octanol–water partition coefficient (Wildman–Crippen LogP) is 5.06. The molecule has 1 aliphatic heterocycles. The fourth-order valence-corrected chi connectivity index (χ4v) is 3.98. The number of benzene rings is 1. The van der Waals surface area contributed by atoms with Crippen LogP contribution in [0.1, 0.15) is 18.4 Å². The molecule has 1 aliphatic rings. The first-order chi connectivity index (χ1) is 13.1. The number of ether oxygens (including phenoxy) is 1. The summed E-state index contributed by atoms with van der Waals surface area (Å²) in [7, 11) is -1.27. The summed E-state index contributed by atoms with van der Waals surface area (Å²) in [5, 5.41) is -0.695. The topological polar surface area (TPSA) is 49.9 Å². The number of rotatable bonds is 6. The van der Waals surface area contributed by atoms with Crippen LogP contribution in [0.25, 0.3) is 0 Å².